The highest BCUT2D eigenvalue weighted by Crippen LogP contribution is 2.15. The van der Waals surface area contributed by atoms with Gasteiger partial charge in [-0.1, -0.05) is 52.3 Å². The standard InChI is InChI=1S/C16H12BrN3/c17-14-7-3-1-6-13(14)11-18-20-16-10-9-12-5-2-4-8-15(12)19-16/h1-11H,(H,19,20)/b18-11+. The Morgan fingerprint density at radius 1 is 0.950 bits per heavy atom. The Hall–Kier alpha value is -2.20. The molecule has 0 unspecified atom stereocenters. The highest BCUT2D eigenvalue weighted by molar-refractivity contribution is 9.10. The molecule has 20 heavy (non-hydrogen) atoms. The van der Waals surface area contributed by atoms with Crippen molar-refractivity contribution in [1.82, 2.24) is 4.98 Å². The average Bonchev–Trinajstić information content (AvgIpc) is 2.49. The molecule has 1 aromatic heterocycles. The molecule has 1 heterocycles. The van der Waals surface area contributed by atoms with Crippen LogP contribution in [0.1, 0.15) is 5.56 Å². The van der Waals surface area contributed by atoms with Crippen LogP contribution in [0.15, 0.2) is 70.2 Å². The molecule has 1 N–H and O–H groups in total. The van der Waals surface area contributed by atoms with Gasteiger partial charge in [0.1, 0.15) is 5.82 Å². The number of nitrogens with one attached hydrogen (secondary N) is 1. The van der Waals surface area contributed by atoms with Gasteiger partial charge in [0.15, 0.2) is 0 Å². The molecule has 3 rings (SSSR count). The molecular formula is C16H12BrN3. The van der Waals surface area contributed by atoms with Gasteiger partial charge in [0.2, 0.25) is 0 Å². The number of nitrogens with zero attached hydrogens (tertiary/aromatic N) is 2. The topological polar surface area (TPSA) is 37.3 Å². The van der Waals surface area contributed by atoms with Crippen molar-refractivity contribution < 1.29 is 0 Å². The second-order valence-corrected chi connectivity index (χ2v) is 5.14. The van der Waals surface area contributed by atoms with E-state index < -0.39 is 0 Å². The lowest BCUT2D eigenvalue weighted by atomic mass is 10.2. The summed E-state index contributed by atoms with van der Waals surface area (Å²) in [5, 5.41) is 5.33. The first-order valence-corrected chi connectivity index (χ1v) is 7.02. The monoisotopic (exact) mass is 325 g/mol. The average molecular weight is 326 g/mol. The second-order valence-electron chi connectivity index (χ2n) is 4.28. The third-order valence-corrected chi connectivity index (χ3v) is 3.61. The van der Waals surface area contributed by atoms with Gasteiger partial charge in [-0.25, -0.2) is 4.98 Å². The lowest BCUT2D eigenvalue weighted by Crippen LogP contribution is -1.94. The minimum Gasteiger partial charge on any atom is -0.261 e. The number of halogens is 1. The van der Waals surface area contributed by atoms with E-state index in [9.17, 15) is 0 Å². The molecule has 0 amide bonds. The Morgan fingerprint density at radius 3 is 2.65 bits per heavy atom. The first-order chi connectivity index (χ1) is 9.83. The molecule has 0 aliphatic rings. The maximum atomic E-state index is 4.49. The number of hydrogen-bond acceptors (Lipinski definition) is 3. The van der Waals surface area contributed by atoms with E-state index in [-0.39, 0.29) is 0 Å². The summed E-state index contributed by atoms with van der Waals surface area (Å²) in [6.07, 6.45) is 1.76. The third kappa shape index (κ3) is 2.86. The first-order valence-electron chi connectivity index (χ1n) is 6.22. The van der Waals surface area contributed by atoms with E-state index in [0.717, 1.165) is 26.8 Å². The van der Waals surface area contributed by atoms with Crippen molar-refractivity contribution in [2.45, 2.75) is 0 Å². The fraction of sp³-hybridized carbons (Fsp3) is 0. The van der Waals surface area contributed by atoms with Crippen LogP contribution in [0.5, 0.6) is 0 Å². The molecular weight excluding hydrogens is 314 g/mol. The summed E-state index contributed by atoms with van der Waals surface area (Å²) in [5.74, 6) is 0.729. The van der Waals surface area contributed by atoms with Crippen molar-refractivity contribution in [3.63, 3.8) is 0 Å². The number of fused-ring (bicyclic) bond motifs is 1. The Bertz CT molecular complexity index is 768. The molecule has 3 nitrogen and oxygen atoms in total. The second kappa shape index (κ2) is 5.84. The van der Waals surface area contributed by atoms with Crippen LogP contribution in [0.4, 0.5) is 5.82 Å². The van der Waals surface area contributed by atoms with Gasteiger partial charge >= 0.3 is 0 Å². The van der Waals surface area contributed by atoms with Crippen LogP contribution >= 0.6 is 15.9 Å². The Morgan fingerprint density at radius 2 is 1.75 bits per heavy atom. The number of pyridine rings is 1. The maximum absolute atomic E-state index is 4.49. The van der Waals surface area contributed by atoms with Gasteiger partial charge in [0, 0.05) is 15.4 Å². The molecule has 4 heteroatoms. The molecule has 0 aliphatic carbocycles. The van der Waals surface area contributed by atoms with Gasteiger partial charge in [-0.05, 0) is 24.3 Å². The van der Waals surface area contributed by atoms with Gasteiger partial charge in [-0.2, -0.15) is 5.10 Å². The quantitative estimate of drug-likeness (QED) is 0.570. The van der Waals surface area contributed by atoms with Crippen molar-refractivity contribution >= 4 is 38.9 Å². The van der Waals surface area contributed by atoms with E-state index >= 15 is 0 Å². The van der Waals surface area contributed by atoms with Crippen LogP contribution in [0.25, 0.3) is 10.9 Å². The fourth-order valence-corrected chi connectivity index (χ4v) is 2.26. The summed E-state index contributed by atoms with van der Waals surface area (Å²) in [5.41, 5.74) is 4.92. The zero-order chi connectivity index (χ0) is 13.8. The van der Waals surface area contributed by atoms with Crippen LogP contribution in [0.3, 0.4) is 0 Å². The number of aromatic nitrogens is 1. The normalized spacial score (nSPS) is 11.1. The molecule has 0 saturated heterocycles. The molecule has 0 bridgehead atoms. The molecule has 0 radical (unpaired) electrons. The van der Waals surface area contributed by atoms with Crippen molar-refractivity contribution in [3.05, 3.63) is 70.7 Å². The number of hydrazone groups is 1. The number of benzene rings is 2. The van der Waals surface area contributed by atoms with Crippen molar-refractivity contribution in [1.29, 1.82) is 0 Å². The largest absolute Gasteiger partial charge is 0.261 e. The Labute approximate surface area is 125 Å². The Balaban J connectivity index is 1.78. The zero-order valence-corrected chi connectivity index (χ0v) is 12.2. The lowest BCUT2D eigenvalue weighted by molar-refractivity contribution is 1.26. The van der Waals surface area contributed by atoms with Crippen LogP contribution in [-0.2, 0) is 0 Å². The summed E-state index contributed by atoms with van der Waals surface area (Å²) in [4.78, 5) is 4.49. The molecule has 2 aromatic carbocycles. The predicted molar refractivity (Wildman–Crippen MR) is 87.1 cm³/mol. The zero-order valence-electron chi connectivity index (χ0n) is 10.6. The summed E-state index contributed by atoms with van der Waals surface area (Å²) in [6, 6.07) is 19.9. The summed E-state index contributed by atoms with van der Waals surface area (Å²) in [7, 11) is 0. The van der Waals surface area contributed by atoms with E-state index in [0.29, 0.717) is 0 Å². The van der Waals surface area contributed by atoms with E-state index in [1.807, 2.05) is 60.7 Å². The minimum absolute atomic E-state index is 0.729. The van der Waals surface area contributed by atoms with Gasteiger partial charge < -0.3 is 0 Å². The predicted octanol–water partition coefficient (Wildman–Crippen LogP) is 4.44. The van der Waals surface area contributed by atoms with Crippen molar-refractivity contribution in [3.8, 4) is 0 Å². The summed E-state index contributed by atoms with van der Waals surface area (Å²) >= 11 is 3.48. The van der Waals surface area contributed by atoms with Gasteiger partial charge in [0.25, 0.3) is 0 Å². The van der Waals surface area contributed by atoms with Crippen LogP contribution in [-0.4, -0.2) is 11.2 Å². The van der Waals surface area contributed by atoms with E-state index in [2.05, 4.69) is 31.4 Å². The molecule has 98 valence electrons. The van der Waals surface area contributed by atoms with Crippen LogP contribution < -0.4 is 5.43 Å². The van der Waals surface area contributed by atoms with E-state index in [4.69, 9.17) is 0 Å². The molecule has 3 aromatic rings. The first kappa shape index (κ1) is 12.8. The Kier molecular flexibility index (Phi) is 3.74. The van der Waals surface area contributed by atoms with Crippen LogP contribution in [0, 0.1) is 0 Å². The third-order valence-electron chi connectivity index (χ3n) is 2.89. The molecule has 0 atom stereocenters. The summed E-state index contributed by atoms with van der Waals surface area (Å²) < 4.78 is 1.01. The van der Waals surface area contributed by atoms with Crippen LogP contribution in [0.2, 0.25) is 0 Å². The van der Waals surface area contributed by atoms with Crippen molar-refractivity contribution in [2.75, 3.05) is 5.43 Å². The van der Waals surface area contributed by atoms with E-state index in [1.165, 1.54) is 0 Å². The molecule has 0 saturated carbocycles. The van der Waals surface area contributed by atoms with Gasteiger partial charge in [0.05, 0.1) is 11.7 Å². The highest BCUT2D eigenvalue weighted by atomic mass is 79.9. The number of anilines is 1. The number of rotatable bonds is 3. The molecule has 0 fully saturated rings. The SMILES string of the molecule is Brc1ccccc1/C=N/Nc1ccc2ccccc2n1. The summed E-state index contributed by atoms with van der Waals surface area (Å²) in [6.45, 7) is 0. The van der Waals surface area contributed by atoms with Gasteiger partial charge in [-0.3, -0.25) is 5.43 Å². The molecule has 0 aliphatic heterocycles. The number of hydrogen-bond donors (Lipinski definition) is 1. The van der Waals surface area contributed by atoms with E-state index in [1.54, 1.807) is 6.21 Å². The smallest absolute Gasteiger partial charge is 0.146 e. The lowest BCUT2D eigenvalue weighted by Gasteiger charge is -2.02. The number of para-hydroxylation sites is 1. The fourth-order valence-electron chi connectivity index (χ4n) is 1.88. The van der Waals surface area contributed by atoms with Crippen molar-refractivity contribution in [2.24, 2.45) is 5.10 Å². The highest BCUT2D eigenvalue weighted by Gasteiger charge is 1.96. The molecule has 0 spiro atoms. The minimum atomic E-state index is 0.729. The maximum Gasteiger partial charge on any atom is 0.146 e. The van der Waals surface area contributed by atoms with Gasteiger partial charge in [-0.15, -0.1) is 0 Å².